The van der Waals surface area contributed by atoms with E-state index in [0.29, 0.717) is 25.6 Å². The number of amides is 1. The molecule has 0 spiro atoms. The van der Waals surface area contributed by atoms with Gasteiger partial charge in [-0.3, -0.25) is 0 Å². The summed E-state index contributed by atoms with van der Waals surface area (Å²) < 4.78 is 0. The van der Waals surface area contributed by atoms with Gasteiger partial charge in [-0.15, -0.1) is 0 Å². The highest BCUT2D eigenvalue weighted by Crippen LogP contribution is 2.51. The summed E-state index contributed by atoms with van der Waals surface area (Å²) in [7, 11) is 0. The lowest BCUT2D eigenvalue weighted by atomic mass is 9.86. The molecule has 2 rings (SSSR count). The first-order valence-electron chi connectivity index (χ1n) is 5.74. The number of carbonyl (C=O) groups is 1. The molecule has 0 unspecified atom stereocenters. The maximum absolute atomic E-state index is 10.7. The predicted octanol–water partition coefficient (Wildman–Crippen LogP) is 1.54. The largest absolute Gasteiger partial charge is 0.465 e. The SMILES string of the molecule is O=C(O)N1CCC(CC2(CO)CC2)CC1. The second-order valence-corrected chi connectivity index (χ2v) is 5.08. The van der Waals surface area contributed by atoms with Crippen LogP contribution in [-0.4, -0.2) is 40.9 Å². The van der Waals surface area contributed by atoms with Gasteiger partial charge in [-0.25, -0.2) is 4.79 Å². The zero-order valence-corrected chi connectivity index (χ0v) is 8.98. The first-order valence-corrected chi connectivity index (χ1v) is 5.74. The highest BCUT2D eigenvalue weighted by atomic mass is 16.4. The molecule has 1 saturated heterocycles. The summed E-state index contributed by atoms with van der Waals surface area (Å²) in [4.78, 5) is 12.2. The lowest BCUT2D eigenvalue weighted by Crippen LogP contribution is -2.38. The van der Waals surface area contributed by atoms with Gasteiger partial charge in [-0.1, -0.05) is 0 Å². The van der Waals surface area contributed by atoms with Crippen molar-refractivity contribution >= 4 is 6.09 Å². The van der Waals surface area contributed by atoms with Crippen LogP contribution in [0, 0.1) is 11.3 Å². The van der Waals surface area contributed by atoms with Crippen LogP contribution in [-0.2, 0) is 0 Å². The number of hydrogen-bond acceptors (Lipinski definition) is 2. The van der Waals surface area contributed by atoms with Crippen molar-refractivity contribution in [1.29, 1.82) is 0 Å². The molecule has 1 amide bonds. The lowest BCUT2D eigenvalue weighted by molar-refractivity contribution is 0.111. The molecule has 2 N–H and O–H groups in total. The molecule has 86 valence electrons. The standard InChI is InChI=1S/C11H19NO3/c13-8-11(3-4-11)7-9-1-5-12(6-2-9)10(14)15/h9,13H,1-8H2,(H,14,15). The molecule has 1 aliphatic carbocycles. The molecule has 0 radical (unpaired) electrons. The van der Waals surface area contributed by atoms with Gasteiger partial charge in [0.15, 0.2) is 0 Å². The Bertz CT molecular complexity index is 242. The molecule has 4 heteroatoms. The summed E-state index contributed by atoms with van der Waals surface area (Å²) in [5, 5.41) is 18.0. The van der Waals surface area contributed by atoms with Crippen LogP contribution in [0.4, 0.5) is 4.79 Å². The third kappa shape index (κ3) is 2.43. The number of aliphatic hydroxyl groups excluding tert-OH is 1. The van der Waals surface area contributed by atoms with E-state index in [4.69, 9.17) is 5.11 Å². The Balaban J connectivity index is 1.76. The first-order chi connectivity index (χ1) is 7.15. The molecular formula is C11H19NO3. The number of rotatable bonds is 3. The molecule has 0 aromatic heterocycles. The van der Waals surface area contributed by atoms with Crippen molar-refractivity contribution in [3.8, 4) is 0 Å². The molecule has 0 aromatic carbocycles. The van der Waals surface area contributed by atoms with Crippen LogP contribution in [0.15, 0.2) is 0 Å². The summed E-state index contributed by atoms with van der Waals surface area (Å²) in [6.45, 7) is 1.65. The highest BCUT2D eigenvalue weighted by Gasteiger charge is 2.43. The number of likely N-dealkylation sites (tertiary alicyclic amines) is 1. The maximum Gasteiger partial charge on any atom is 0.407 e. The second kappa shape index (κ2) is 4.00. The van der Waals surface area contributed by atoms with Crippen molar-refractivity contribution < 1.29 is 15.0 Å². The van der Waals surface area contributed by atoms with Gasteiger partial charge in [0, 0.05) is 19.7 Å². The van der Waals surface area contributed by atoms with E-state index in [-0.39, 0.29) is 5.41 Å². The van der Waals surface area contributed by atoms with Gasteiger partial charge in [0.25, 0.3) is 0 Å². The second-order valence-electron chi connectivity index (χ2n) is 5.08. The fourth-order valence-corrected chi connectivity index (χ4v) is 2.54. The molecule has 4 nitrogen and oxygen atoms in total. The van der Waals surface area contributed by atoms with Crippen molar-refractivity contribution in [3.05, 3.63) is 0 Å². The van der Waals surface area contributed by atoms with E-state index in [2.05, 4.69) is 0 Å². The third-order valence-corrected chi connectivity index (χ3v) is 3.90. The molecule has 2 aliphatic rings. The van der Waals surface area contributed by atoms with Crippen molar-refractivity contribution in [2.75, 3.05) is 19.7 Å². The van der Waals surface area contributed by atoms with Crippen molar-refractivity contribution in [3.63, 3.8) is 0 Å². The molecule has 1 aliphatic heterocycles. The topological polar surface area (TPSA) is 60.8 Å². The van der Waals surface area contributed by atoms with Gasteiger partial charge >= 0.3 is 6.09 Å². The number of nitrogens with zero attached hydrogens (tertiary/aromatic N) is 1. The van der Waals surface area contributed by atoms with Crippen LogP contribution in [0.3, 0.4) is 0 Å². The minimum Gasteiger partial charge on any atom is -0.465 e. The van der Waals surface area contributed by atoms with Gasteiger partial charge in [-0.05, 0) is 43.4 Å². The summed E-state index contributed by atoms with van der Waals surface area (Å²) >= 11 is 0. The van der Waals surface area contributed by atoms with Crippen LogP contribution >= 0.6 is 0 Å². The number of piperidine rings is 1. The van der Waals surface area contributed by atoms with Gasteiger partial charge < -0.3 is 15.1 Å². The van der Waals surface area contributed by atoms with Crippen molar-refractivity contribution in [2.24, 2.45) is 11.3 Å². The molecule has 2 fully saturated rings. The molecule has 0 bridgehead atoms. The number of hydrogen-bond donors (Lipinski definition) is 2. The average molecular weight is 213 g/mol. The summed E-state index contributed by atoms with van der Waals surface area (Å²) in [5.41, 5.74) is 0.218. The average Bonchev–Trinajstić information content (AvgIpc) is 2.99. The quantitative estimate of drug-likeness (QED) is 0.747. The summed E-state index contributed by atoms with van der Waals surface area (Å²) in [5.74, 6) is 0.621. The summed E-state index contributed by atoms with van der Waals surface area (Å²) in [6.07, 6.45) is 4.54. The Morgan fingerprint density at radius 2 is 1.93 bits per heavy atom. The number of carboxylic acid groups (broad SMARTS) is 1. The smallest absolute Gasteiger partial charge is 0.407 e. The Morgan fingerprint density at radius 3 is 2.33 bits per heavy atom. The molecule has 0 atom stereocenters. The molecule has 0 aromatic rings. The number of aliphatic hydroxyl groups is 1. The minimum absolute atomic E-state index is 0.218. The Labute approximate surface area is 89.9 Å². The predicted molar refractivity (Wildman–Crippen MR) is 55.7 cm³/mol. The fraction of sp³-hybridized carbons (Fsp3) is 0.909. The molecule has 1 heterocycles. The van der Waals surface area contributed by atoms with E-state index in [1.54, 1.807) is 0 Å². The minimum atomic E-state index is -0.795. The normalized spacial score (nSPS) is 25.3. The Kier molecular flexibility index (Phi) is 2.87. The van der Waals surface area contributed by atoms with Gasteiger partial charge in [0.2, 0.25) is 0 Å². The van der Waals surface area contributed by atoms with E-state index < -0.39 is 6.09 Å². The third-order valence-electron chi connectivity index (χ3n) is 3.90. The molecule has 15 heavy (non-hydrogen) atoms. The van der Waals surface area contributed by atoms with Gasteiger partial charge in [-0.2, -0.15) is 0 Å². The van der Waals surface area contributed by atoms with E-state index >= 15 is 0 Å². The lowest BCUT2D eigenvalue weighted by Gasteiger charge is -2.31. The van der Waals surface area contributed by atoms with Crippen LogP contribution in [0.25, 0.3) is 0 Å². The first kappa shape index (κ1) is 10.7. The van der Waals surface area contributed by atoms with Gasteiger partial charge in [0.05, 0.1) is 0 Å². The Hall–Kier alpha value is -0.770. The molecule has 1 saturated carbocycles. The van der Waals surface area contributed by atoms with Crippen LogP contribution < -0.4 is 0 Å². The summed E-state index contributed by atoms with van der Waals surface area (Å²) in [6, 6.07) is 0. The van der Waals surface area contributed by atoms with Crippen LogP contribution in [0.1, 0.15) is 32.1 Å². The maximum atomic E-state index is 10.7. The van der Waals surface area contributed by atoms with E-state index in [0.717, 1.165) is 32.1 Å². The monoisotopic (exact) mass is 213 g/mol. The fourth-order valence-electron chi connectivity index (χ4n) is 2.54. The van der Waals surface area contributed by atoms with Gasteiger partial charge in [0.1, 0.15) is 0 Å². The zero-order valence-electron chi connectivity index (χ0n) is 8.98. The zero-order chi connectivity index (χ0) is 10.9. The van der Waals surface area contributed by atoms with E-state index in [1.165, 1.54) is 4.90 Å². The van der Waals surface area contributed by atoms with Crippen LogP contribution in [0.2, 0.25) is 0 Å². The highest BCUT2D eigenvalue weighted by molar-refractivity contribution is 5.64. The molecular weight excluding hydrogens is 194 g/mol. The van der Waals surface area contributed by atoms with E-state index in [9.17, 15) is 9.90 Å². The van der Waals surface area contributed by atoms with E-state index in [1.807, 2.05) is 0 Å². The van der Waals surface area contributed by atoms with Crippen molar-refractivity contribution in [2.45, 2.75) is 32.1 Å². The Morgan fingerprint density at radius 1 is 1.33 bits per heavy atom. The van der Waals surface area contributed by atoms with Crippen molar-refractivity contribution in [1.82, 2.24) is 4.90 Å². The van der Waals surface area contributed by atoms with Crippen LogP contribution in [0.5, 0.6) is 0 Å².